The number of esters is 1. The molecular formula is C14H16O6. The Labute approximate surface area is 116 Å². The number of aliphatic hydroxyl groups is 2. The van der Waals surface area contributed by atoms with Crippen LogP contribution in [0.1, 0.15) is 23.6 Å². The van der Waals surface area contributed by atoms with Gasteiger partial charge < -0.3 is 19.7 Å². The monoisotopic (exact) mass is 280 g/mol. The maximum atomic E-state index is 11.3. The van der Waals surface area contributed by atoms with Crippen LogP contribution in [-0.2, 0) is 27.5 Å². The summed E-state index contributed by atoms with van der Waals surface area (Å²) in [6.45, 7) is 1.33. The predicted octanol–water partition coefficient (Wildman–Crippen LogP) is 1.38. The first-order chi connectivity index (χ1) is 9.60. The lowest BCUT2D eigenvalue weighted by molar-refractivity contribution is -0.134. The molecule has 6 nitrogen and oxygen atoms in total. The molecular weight excluding hydrogens is 264 g/mol. The third kappa shape index (κ3) is 4.83. The summed E-state index contributed by atoms with van der Waals surface area (Å²) in [4.78, 5) is 22.2. The summed E-state index contributed by atoms with van der Waals surface area (Å²) in [6.07, 6.45) is 1.46. The second-order valence-electron chi connectivity index (χ2n) is 3.78. The van der Waals surface area contributed by atoms with Crippen molar-refractivity contribution in [3.05, 3.63) is 41.0 Å². The summed E-state index contributed by atoms with van der Waals surface area (Å²) >= 11 is 0. The first kappa shape index (κ1) is 15.9. The number of aliphatic hydroxyl groups excluding tert-OH is 2. The summed E-state index contributed by atoms with van der Waals surface area (Å²) in [5, 5.41) is 18.2. The number of ether oxygens (including phenoxy) is 2. The maximum Gasteiger partial charge on any atom is 0.516 e. The lowest BCUT2D eigenvalue weighted by Crippen LogP contribution is -2.11. The highest BCUT2D eigenvalue weighted by Gasteiger charge is 2.07. The molecule has 1 aromatic carbocycles. The number of carbonyl (C=O) groups is 2. The van der Waals surface area contributed by atoms with Crippen LogP contribution in [-0.4, -0.2) is 28.9 Å². The van der Waals surface area contributed by atoms with Crippen molar-refractivity contribution < 1.29 is 29.3 Å². The van der Waals surface area contributed by atoms with Crippen molar-refractivity contribution in [1.82, 2.24) is 0 Å². The highest BCUT2D eigenvalue weighted by atomic mass is 16.7. The minimum absolute atomic E-state index is 0.123. The Hall–Kier alpha value is -2.18. The molecule has 0 radical (unpaired) electrons. The molecule has 0 fully saturated rings. The number of carbonyl (C=O) groups excluding carboxylic acids is 2. The van der Waals surface area contributed by atoms with Crippen molar-refractivity contribution in [2.45, 2.75) is 20.1 Å². The number of benzene rings is 1. The number of hydrogen-bond donors (Lipinski definition) is 2. The van der Waals surface area contributed by atoms with Crippen LogP contribution in [0.15, 0.2) is 24.3 Å². The van der Waals surface area contributed by atoms with Gasteiger partial charge in [0.15, 0.2) is 0 Å². The van der Waals surface area contributed by atoms with Crippen LogP contribution in [0.2, 0.25) is 0 Å². The molecule has 6 heteroatoms. The summed E-state index contributed by atoms with van der Waals surface area (Å²) in [7, 11) is 0. The lowest BCUT2D eigenvalue weighted by Gasteiger charge is -2.05. The van der Waals surface area contributed by atoms with Gasteiger partial charge >= 0.3 is 12.1 Å². The van der Waals surface area contributed by atoms with E-state index >= 15 is 0 Å². The number of rotatable bonds is 5. The van der Waals surface area contributed by atoms with Gasteiger partial charge in [-0.25, -0.2) is 9.59 Å². The van der Waals surface area contributed by atoms with Crippen molar-refractivity contribution in [3.8, 4) is 0 Å². The molecule has 2 N–H and O–H groups in total. The Bertz CT molecular complexity index is 506. The summed E-state index contributed by atoms with van der Waals surface area (Å²) < 4.78 is 8.79. The molecule has 0 bridgehead atoms. The van der Waals surface area contributed by atoms with Crippen LogP contribution in [0.25, 0.3) is 6.08 Å². The van der Waals surface area contributed by atoms with Gasteiger partial charge in [-0.05, 0) is 35.8 Å². The molecule has 0 saturated heterocycles. The molecule has 1 rings (SSSR count). The Kier molecular flexibility index (Phi) is 6.42. The van der Waals surface area contributed by atoms with E-state index in [1.807, 2.05) is 0 Å². The SMILES string of the molecule is CCOC(=O)OC(=O)/C=C/c1ccc(CO)c(CO)c1. The number of hydrogen-bond acceptors (Lipinski definition) is 6. The third-order valence-corrected chi connectivity index (χ3v) is 2.43. The van der Waals surface area contributed by atoms with Gasteiger partial charge in [0, 0.05) is 6.08 Å². The van der Waals surface area contributed by atoms with Gasteiger partial charge in [-0.15, -0.1) is 0 Å². The molecule has 108 valence electrons. The Morgan fingerprint density at radius 1 is 1.20 bits per heavy atom. The molecule has 0 saturated carbocycles. The Morgan fingerprint density at radius 2 is 1.90 bits per heavy atom. The smallest absolute Gasteiger partial charge is 0.434 e. The van der Waals surface area contributed by atoms with Crippen molar-refractivity contribution in [1.29, 1.82) is 0 Å². The maximum absolute atomic E-state index is 11.3. The van der Waals surface area contributed by atoms with Gasteiger partial charge in [0.25, 0.3) is 0 Å². The quantitative estimate of drug-likeness (QED) is 0.481. The van der Waals surface area contributed by atoms with E-state index in [0.717, 1.165) is 6.08 Å². The van der Waals surface area contributed by atoms with E-state index in [2.05, 4.69) is 9.47 Å². The third-order valence-electron chi connectivity index (χ3n) is 2.43. The summed E-state index contributed by atoms with van der Waals surface area (Å²) in [5.41, 5.74) is 1.80. The highest BCUT2D eigenvalue weighted by Crippen LogP contribution is 2.13. The van der Waals surface area contributed by atoms with Crippen LogP contribution >= 0.6 is 0 Å². The van der Waals surface area contributed by atoms with Gasteiger partial charge in [-0.1, -0.05) is 12.1 Å². The second kappa shape index (κ2) is 8.08. The van der Waals surface area contributed by atoms with Crippen LogP contribution in [0.4, 0.5) is 4.79 Å². The molecule has 0 spiro atoms. The van der Waals surface area contributed by atoms with Gasteiger partial charge in [-0.3, -0.25) is 0 Å². The zero-order valence-electron chi connectivity index (χ0n) is 11.0. The average molecular weight is 280 g/mol. The fraction of sp³-hybridized carbons (Fsp3) is 0.286. The van der Waals surface area contributed by atoms with Crippen molar-refractivity contribution >= 4 is 18.2 Å². The normalized spacial score (nSPS) is 10.6. The lowest BCUT2D eigenvalue weighted by atomic mass is 10.0. The van der Waals surface area contributed by atoms with Crippen molar-refractivity contribution in [2.75, 3.05) is 6.61 Å². The molecule has 0 amide bonds. The predicted molar refractivity (Wildman–Crippen MR) is 70.4 cm³/mol. The largest absolute Gasteiger partial charge is 0.516 e. The van der Waals surface area contributed by atoms with Gasteiger partial charge in [0.1, 0.15) is 0 Å². The van der Waals surface area contributed by atoms with E-state index in [1.165, 1.54) is 6.08 Å². The van der Waals surface area contributed by atoms with E-state index in [9.17, 15) is 9.59 Å². The first-order valence-corrected chi connectivity index (χ1v) is 6.00. The average Bonchev–Trinajstić information content (AvgIpc) is 2.44. The van der Waals surface area contributed by atoms with E-state index in [1.54, 1.807) is 25.1 Å². The first-order valence-electron chi connectivity index (χ1n) is 6.00. The molecule has 0 aliphatic carbocycles. The standard InChI is InChI=1S/C14H16O6/c1-2-19-14(18)20-13(17)6-4-10-3-5-11(8-15)12(7-10)9-16/h3-7,15-16H,2,8-9H2,1H3/b6-4+. The minimum atomic E-state index is -1.05. The van der Waals surface area contributed by atoms with E-state index in [-0.39, 0.29) is 19.8 Å². The van der Waals surface area contributed by atoms with E-state index < -0.39 is 12.1 Å². The van der Waals surface area contributed by atoms with Crippen LogP contribution < -0.4 is 0 Å². The molecule has 0 aliphatic rings. The zero-order chi connectivity index (χ0) is 15.0. The van der Waals surface area contributed by atoms with Crippen molar-refractivity contribution in [2.24, 2.45) is 0 Å². The molecule has 20 heavy (non-hydrogen) atoms. The fourth-order valence-electron chi connectivity index (χ4n) is 1.48. The Balaban J connectivity index is 2.70. The van der Waals surface area contributed by atoms with E-state index in [0.29, 0.717) is 16.7 Å². The van der Waals surface area contributed by atoms with Gasteiger partial charge in [-0.2, -0.15) is 0 Å². The molecule has 0 aliphatic heterocycles. The van der Waals surface area contributed by atoms with Crippen molar-refractivity contribution in [3.63, 3.8) is 0 Å². The van der Waals surface area contributed by atoms with E-state index in [4.69, 9.17) is 10.2 Å². The summed E-state index contributed by atoms with van der Waals surface area (Å²) in [5.74, 6) is -0.847. The second-order valence-corrected chi connectivity index (χ2v) is 3.78. The molecule has 0 heterocycles. The molecule has 0 aromatic heterocycles. The van der Waals surface area contributed by atoms with Gasteiger partial charge in [0.05, 0.1) is 19.8 Å². The van der Waals surface area contributed by atoms with Crippen LogP contribution in [0, 0.1) is 0 Å². The summed E-state index contributed by atoms with van der Waals surface area (Å²) in [6, 6.07) is 4.93. The van der Waals surface area contributed by atoms with Crippen LogP contribution in [0.3, 0.4) is 0 Å². The molecule has 1 aromatic rings. The highest BCUT2D eigenvalue weighted by molar-refractivity contribution is 5.93. The molecule has 0 unspecified atom stereocenters. The zero-order valence-corrected chi connectivity index (χ0v) is 11.0. The fourth-order valence-corrected chi connectivity index (χ4v) is 1.48. The van der Waals surface area contributed by atoms with Crippen LogP contribution in [0.5, 0.6) is 0 Å². The topological polar surface area (TPSA) is 93.1 Å². The molecule has 0 atom stereocenters. The van der Waals surface area contributed by atoms with Gasteiger partial charge in [0.2, 0.25) is 0 Å². The Morgan fingerprint density at radius 3 is 2.50 bits per heavy atom. The minimum Gasteiger partial charge on any atom is -0.434 e.